The third-order valence-corrected chi connectivity index (χ3v) is 8.58. The van der Waals surface area contributed by atoms with E-state index >= 15 is 0 Å². The van der Waals surface area contributed by atoms with Gasteiger partial charge in [0.25, 0.3) is 0 Å². The number of aliphatic hydroxyl groups is 1. The van der Waals surface area contributed by atoms with Gasteiger partial charge in [-0.25, -0.2) is 4.79 Å². The van der Waals surface area contributed by atoms with Crippen LogP contribution in [0.2, 0.25) is 0 Å². The molecule has 5 atom stereocenters. The first-order valence-corrected chi connectivity index (χ1v) is 13.4. The van der Waals surface area contributed by atoms with Crippen LogP contribution in [-0.4, -0.2) is 81.8 Å². The molecule has 10 heteroatoms. The molecule has 0 aromatic rings. The molecule has 4 aliphatic rings. The maximum absolute atomic E-state index is 13.2. The Hall–Kier alpha value is -1.29. The summed E-state index contributed by atoms with van der Waals surface area (Å²) in [5.74, 6) is 0.271. The van der Waals surface area contributed by atoms with Crippen LogP contribution in [0.5, 0.6) is 0 Å². The predicted octanol–water partition coefficient (Wildman–Crippen LogP) is 3.15. The number of carbonyl (C=O) groups excluding carboxylic acids is 2. The monoisotopic (exact) mass is 498 g/mol. The smallest absolute Gasteiger partial charge is 0.323 e. The Bertz CT molecular complexity index is 822. The zero-order valence-corrected chi connectivity index (χ0v) is 21.0. The number of aliphatic hydroxyl groups excluding tert-OH is 1. The lowest BCUT2D eigenvalue weighted by Gasteiger charge is -2.32. The lowest BCUT2D eigenvalue weighted by Crippen LogP contribution is -2.45. The first kappa shape index (κ1) is 24.8. The van der Waals surface area contributed by atoms with Gasteiger partial charge in [0, 0.05) is 31.5 Å². The van der Waals surface area contributed by atoms with Gasteiger partial charge in [-0.3, -0.25) is 20.0 Å². The molecule has 33 heavy (non-hydrogen) atoms. The maximum Gasteiger partial charge on any atom is 0.323 e. The molecule has 5 unspecified atom stereocenters. The van der Waals surface area contributed by atoms with Crippen LogP contribution in [0, 0.1) is 11.3 Å². The zero-order chi connectivity index (χ0) is 23.6. The number of alkyl halides is 1. The highest BCUT2D eigenvalue weighted by atomic mass is 35.5. The molecular formula is C23H35ClN4O4S. The summed E-state index contributed by atoms with van der Waals surface area (Å²) in [4.78, 5) is 33.3. The molecule has 2 fully saturated rings. The fourth-order valence-corrected chi connectivity index (χ4v) is 6.72. The highest BCUT2D eigenvalue weighted by Crippen LogP contribution is 2.51. The van der Waals surface area contributed by atoms with Crippen LogP contribution in [0.15, 0.2) is 16.6 Å². The summed E-state index contributed by atoms with van der Waals surface area (Å²) >= 11 is 7.50. The van der Waals surface area contributed by atoms with Crippen molar-refractivity contribution in [3.8, 4) is 0 Å². The fraction of sp³-hybridized carbons (Fsp3) is 0.783. The van der Waals surface area contributed by atoms with E-state index in [4.69, 9.17) is 16.3 Å². The number of amidine groups is 1. The molecule has 0 bridgehead atoms. The number of thioether (sulfide) groups is 1. The molecular weight excluding hydrogens is 464 g/mol. The Labute approximate surface area is 205 Å². The number of likely N-dealkylation sites (tertiary alicyclic amines) is 2. The lowest BCUT2D eigenvalue weighted by atomic mass is 9.73. The van der Waals surface area contributed by atoms with E-state index in [2.05, 4.69) is 21.3 Å². The Morgan fingerprint density at radius 1 is 1.42 bits per heavy atom. The van der Waals surface area contributed by atoms with Crippen molar-refractivity contribution in [2.75, 3.05) is 32.8 Å². The second-order valence-corrected chi connectivity index (χ2v) is 11.5. The average molecular weight is 499 g/mol. The van der Waals surface area contributed by atoms with Crippen LogP contribution in [0.25, 0.3) is 0 Å². The van der Waals surface area contributed by atoms with Gasteiger partial charge in [0.1, 0.15) is 10.9 Å². The van der Waals surface area contributed by atoms with Gasteiger partial charge >= 0.3 is 12.0 Å². The molecule has 2 amide bonds. The topological polar surface area (TPSA) is 94.5 Å². The van der Waals surface area contributed by atoms with Gasteiger partial charge in [-0.2, -0.15) is 0 Å². The van der Waals surface area contributed by atoms with Gasteiger partial charge in [0.15, 0.2) is 5.17 Å². The third-order valence-electron chi connectivity index (χ3n) is 7.31. The Morgan fingerprint density at radius 3 is 2.91 bits per heavy atom. The van der Waals surface area contributed by atoms with Gasteiger partial charge in [-0.15, -0.1) is 11.6 Å². The van der Waals surface area contributed by atoms with E-state index in [0.29, 0.717) is 37.2 Å². The van der Waals surface area contributed by atoms with Crippen LogP contribution in [-0.2, 0) is 9.53 Å². The number of nitrogens with zero attached hydrogens (tertiary/aromatic N) is 3. The van der Waals surface area contributed by atoms with Crippen molar-refractivity contribution < 1.29 is 19.4 Å². The minimum atomic E-state index is -0.500. The second kappa shape index (κ2) is 10.5. The number of halogens is 1. The summed E-state index contributed by atoms with van der Waals surface area (Å²) in [7, 11) is 0. The summed E-state index contributed by atoms with van der Waals surface area (Å²) in [5.41, 5.74) is 1.21. The standard InChI is InChI=1S/C23H35ClN4O4S/c1-3-32-20(30)6-4-5-16-7-8-18-17(11-16)23(9-10-27(13-23)15(2)29)14-28(18)22(31)26-21-25-12-19(24)33-21/h11,15-16,18-19,29H,3-10,12-14H2,1-2H3,(H,25,26,31). The summed E-state index contributed by atoms with van der Waals surface area (Å²) in [5, 5.41) is 13.7. The molecule has 2 saturated heterocycles. The van der Waals surface area contributed by atoms with Crippen LogP contribution in [0.3, 0.4) is 0 Å². The van der Waals surface area contributed by atoms with Crippen LogP contribution in [0.4, 0.5) is 4.79 Å². The number of esters is 1. The van der Waals surface area contributed by atoms with E-state index in [0.717, 1.165) is 45.2 Å². The fourth-order valence-electron chi connectivity index (χ4n) is 5.71. The van der Waals surface area contributed by atoms with Gasteiger partial charge < -0.3 is 14.7 Å². The van der Waals surface area contributed by atoms with Crippen molar-refractivity contribution in [3.05, 3.63) is 11.6 Å². The number of rotatable bonds is 6. The molecule has 0 aromatic heterocycles. The summed E-state index contributed by atoms with van der Waals surface area (Å²) in [6.45, 7) is 6.79. The normalized spacial score (nSPS) is 32.5. The first-order chi connectivity index (χ1) is 15.8. The number of urea groups is 1. The molecule has 0 aromatic carbocycles. The minimum absolute atomic E-state index is 0.0686. The molecule has 0 saturated carbocycles. The zero-order valence-electron chi connectivity index (χ0n) is 19.5. The van der Waals surface area contributed by atoms with Crippen LogP contribution < -0.4 is 5.32 Å². The maximum atomic E-state index is 13.2. The number of aliphatic imine (C=N–C) groups is 1. The quantitative estimate of drug-likeness (QED) is 0.332. The first-order valence-electron chi connectivity index (χ1n) is 12.0. The molecule has 4 rings (SSSR count). The number of fused-ring (bicyclic) bond motifs is 2. The molecule has 2 N–H and O–H groups in total. The SMILES string of the molecule is CCOC(=O)CCCC1C=C2C(CC1)N(C(=O)NC1=NCC(Cl)S1)CC21CCN(C(C)O)C1. The molecule has 3 heterocycles. The van der Waals surface area contributed by atoms with Gasteiger partial charge in [-0.05, 0) is 57.4 Å². The Kier molecular flexibility index (Phi) is 7.93. The summed E-state index contributed by atoms with van der Waals surface area (Å²) in [6, 6.07) is -0.0462. The van der Waals surface area contributed by atoms with Crippen LogP contribution in [0.1, 0.15) is 52.4 Å². The third kappa shape index (κ3) is 5.52. The lowest BCUT2D eigenvalue weighted by molar-refractivity contribution is -0.143. The van der Waals surface area contributed by atoms with E-state index in [9.17, 15) is 14.7 Å². The number of hydrogen-bond donors (Lipinski definition) is 2. The molecule has 0 radical (unpaired) electrons. The molecule has 1 aliphatic carbocycles. The number of carbonyl (C=O) groups is 2. The van der Waals surface area contributed by atoms with Crippen molar-refractivity contribution in [1.82, 2.24) is 15.1 Å². The Morgan fingerprint density at radius 2 is 2.24 bits per heavy atom. The second-order valence-electron chi connectivity index (χ2n) is 9.54. The number of nitrogens with one attached hydrogen (secondary N) is 1. The molecule has 1 spiro atoms. The molecule has 3 aliphatic heterocycles. The van der Waals surface area contributed by atoms with Crippen LogP contribution >= 0.6 is 23.4 Å². The van der Waals surface area contributed by atoms with Gasteiger partial charge in [0.05, 0.1) is 19.2 Å². The van der Waals surface area contributed by atoms with E-state index < -0.39 is 6.23 Å². The van der Waals surface area contributed by atoms with E-state index in [-0.39, 0.29) is 28.2 Å². The summed E-state index contributed by atoms with van der Waals surface area (Å²) in [6.07, 6.45) is 6.93. The average Bonchev–Trinajstić information content (AvgIpc) is 3.47. The highest BCUT2D eigenvalue weighted by molar-refractivity contribution is 8.15. The largest absolute Gasteiger partial charge is 0.466 e. The van der Waals surface area contributed by atoms with Crippen molar-refractivity contribution in [3.63, 3.8) is 0 Å². The van der Waals surface area contributed by atoms with Crippen molar-refractivity contribution in [1.29, 1.82) is 0 Å². The Balaban J connectivity index is 1.48. The molecule has 8 nitrogen and oxygen atoms in total. The minimum Gasteiger partial charge on any atom is -0.466 e. The summed E-state index contributed by atoms with van der Waals surface area (Å²) < 4.78 is 4.93. The van der Waals surface area contributed by atoms with E-state index in [1.165, 1.54) is 17.3 Å². The number of allylic oxidation sites excluding steroid dienone is 1. The van der Waals surface area contributed by atoms with Gasteiger partial charge in [0.2, 0.25) is 0 Å². The number of amides is 2. The highest BCUT2D eigenvalue weighted by Gasteiger charge is 2.54. The van der Waals surface area contributed by atoms with Gasteiger partial charge in [-0.1, -0.05) is 17.8 Å². The van der Waals surface area contributed by atoms with Crippen molar-refractivity contribution in [2.24, 2.45) is 16.3 Å². The van der Waals surface area contributed by atoms with Crippen molar-refractivity contribution in [2.45, 2.75) is 69.4 Å². The predicted molar refractivity (Wildman–Crippen MR) is 130 cm³/mol. The molecule has 184 valence electrons. The number of ether oxygens (including phenoxy) is 1. The van der Waals surface area contributed by atoms with E-state index in [1.54, 1.807) is 6.92 Å². The van der Waals surface area contributed by atoms with Crippen molar-refractivity contribution >= 4 is 40.5 Å². The van der Waals surface area contributed by atoms with E-state index in [1.807, 2.05) is 11.8 Å². The number of hydrogen-bond acceptors (Lipinski definition) is 7.